The average Bonchev–Trinajstić information content (AvgIpc) is 2.16. The van der Waals surface area contributed by atoms with E-state index in [1.54, 1.807) is 0 Å². The van der Waals surface area contributed by atoms with Gasteiger partial charge in [-0.3, -0.25) is 4.79 Å². The fourth-order valence-electron chi connectivity index (χ4n) is 1.33. The summed E-state index contributed by atoms with van der Waals surface area (Å²) in [7, 11) is 0. The Labute approximate surface area is 89.6 Å². The second-order valence-electron chi connectivity index (χ2n) is 3.57. The Bertz CT molecular complexity index is 432. The molecule has 0 atom stereocenters. The highest BCUT2D eigenvalue weighted by atomic mass is 19.2. The molecule has 86 valence electrons. The molecule has 1 aliphatic heterocycles. The molecule has 0 radical (unpaired) electrons. The number of hydrogen-bond acceptors (Lipinski definition) is 2. The predicted molar refractivity (Wildman–Crippen MR) is 51.3 cm³/mol. The zero-order valence-electron chi connectivity index (χ0n) is 8.19. The Morgan fingerprint density at radius 2 is 1.94 bits per heavy atom. The molecule has 3 nitrogen and oxygen atoms in total. The average molecular weight is 230 g/mol. The van der Waals surface area contributed by atoms with Crippen LogP contribution in [0.25, 0.3) is 0 Å². The van der Waals surface area contributed by atoms with Crippen molar-refractivity contribution >= 4 is 11.6 Å². The lowest BCUT2D eigenvalue weighted by Gasteiger charge is -2.25. The standard InChI is InChI=1S/C10H9F3N2O/c11-6-1-2-7(9(13)8(6)12)15-10(16)5-3-14-4-5/h1-2,5,14H,3-4H2,(H,15,16). The lowest BCUT2D eigenvalue weighted by molar-refractivity contribution is -0.121. The van der Waals surface area contributed by atoms with Gasteiger partial charge in [0.05, 0.1) is 11.6 Å². The van der Waals surface area contributed by atoms with Crippen molar-refractivity contribution in [1.82, 2.24) is 5.32 Å². The number of nitrogens with one attached hydrogen (secondary N) is 2. The van der Waals surface area contributed by atoms with Crippen LogP contribution < -0.4 is 10.6 Å². The van der Waals surface area contributed by atoms with Crippen molar-refractivity contribution < 1.29 is 18.0 Å². The topological polar surface area (TPSA) is 41.1 Å². The summed E-state index contributed by atoms with van der Waals surface area (Å²) < 4.78 is 38.6. The largest absolute Gasteiger partial charge is 0.323 e. The lowest BCUT2D eigenvalue weighted by atomic mass is 10.0. The third kappa shape index (κ3) is 1.88. The van der Waals surface area contributed by atoms with Gasteiger partial charge in [0.1, 0.15) is 0 Å². The predicted octanol–water partition coefficient (Wildman–Crippen LogP) is 1.26. The van der Waals surface area contributed by atoms with E-state index in [0.29, 0.717) is 13.1 Å². The molecule has 6 heteroatoms. The summed E-state index contributed by atoms with van der Waals surface area (Å²) in [4.78, 5) is 11.4. The first-order chi connectivity index (χ1) is 7.59. The minimum Gasteiger partial charge on any atom is -0.323 e. The number of rotatable bonds is 2. The molecule has 2 rings (SSSR count). The van der Waals surface area contributed by atoms with Gasteiger partial charge in [0.25, 0.3) is 0 Å². The Kier molecular flexibility index (Phi) is 2.82. The van der Waals surface area contributed by atoms with E-state index in [2.05, 4.69) is 10.6 Å². The maximum absolute atomic E-state index is 13.2. The molecule has 1 aliphatic rings. The number of carbonyl (C=O) groups excluding carboxylic acids is 1. The van der Waals surface area contributed by atoms with E-state index in [9.17, 15) is 18.0 Å². The summed E-state index contributed by atoms with van der Waals surface area (Å²) in [6, 6.07) is 1.77. The third-order valence-electron chi connectivity index (χ3n) is 2.45. The number of benzene rings is 1. The van der Waals surface area contributed by atoms with Crippen molar-refractivity contribution in [3.05, 3.63) is 29.6 Å². The van der Waals surface area contributed by atoms with Gasteiger partial charge in [-0.05, 0) is 12.1 Å². The zero-order chi connectivity index (χ0) is 11.7. The molecule has 0 unspecified atom stereocenters. The van der Waals surface area contributed by atoms with Gasteiger partial charge in [-0.15, -0.1) is 0 Å². The minimum absolute atomic E-state index is 0.243. The zero-order valence-corrected chi connectivity index (χ0v) is 8.19. The Morgan fingerprint density at radius 1 is 1.25 bits per heavy atom. The van der Waals surface area contributed by atoms with Crippen LogP contribution in [-0.4, -0.2) is 19.0 Å². The first kappa shape index (κ1) is 10.9. The molecular weight excluding hydrogens is 221 g/mol. The second kappa shape index (κ2) is 4.13. The Hall–Kier alpha value is -1.56. The molecule has 2 N–H and O–H groups in total. The second-order valence-corrected chi connectivity index (χ2v) is 3.57. The molecule has 1 amide bonds. The van der Waals surface area contributed by atoms with Gasteiger partial charge in [-0.25, -0.2) is 13.2 Å². The fraction of sp³-hybridized carbons (Fsp3) is 0.300. The van der Waals surface area contributed by atoms with Crippen LogP contribution in [0.15, 0.2) is 12.1 Å². The maximum Gasteiger partial charge on any atom is 0.230 e. The Morgan fingerprint density at radius 3 is 2.50 bits per heavy atom. The molecule has 0 bridgehead atoms. The van der Waals surface area contributed by atoms with Gasteiger partial charge in [0.15, 0.2) is 17.5 Å². The minimum atomic E-state index is -1.58. The van der Waals surface area contributed by atoms with Crippen LogP contribution in [0, 0.1) is 23.4 Å². The van der Waals surface area contributed by atoms with Gasteiger partial charge in [-0.1, -0.05) is 0 Å². The molecular formula is C10H9F3N2O. The number of carbonyl (C=O) groups is 1. The smallest absolute Gasteiger partial charge is 0.230 e. The fourth-order valence-corrected chi connectivity index (χ4v) is 1.33. The molecule has 1 fully saturated rings. The highest BCUT2D eigenvalue weighted by molar-refractivity contribution is 5.93. The summed E-state index contributed by atoms with van der Waals surface area (Å²) in [5.74, 6) is -4.87. The van der Waals surface area contributed by atoms with Crippen molar-refractivity contribution in [1.29, 1.82) is 0 Å². The highest BCUT2D eigenvalue weighted by Crippen LogP contribution is 2.20. The SMILES string of the molecule is O=C(Nc1ccc(F)c(F)c1F)C1CNC1. The molecule has 0 spiro atoms. The molecule has 1 heterocycles. The monoisotopic (exact) mass is 230 g/mol. The molecule has 1 aromatic carbocycles. The van der Waals surface area contributed by atoms with E-state index in [-0.39, 0.29) is 11.6 Å². The maximum atomic E-state index is 13.2. The van der Waals surface area contributed by atoms with Crippen LogP contribution in [0.2, 0.25) is 0 Å². The summed E-state index contributed by atoms with van der Waals surface area (Å²) >= 11 is 0. The van der Waals surface area contributed by atoms with Gasteiger partial charge in [0.2, 0.25) is 5.91 Å². The number of amides is 1. The molecule has 1 saturated heterocycles. The Balaban J connectivity index is 2.15. The number of anilines is 1. The highest BCUT2D eigenvalue weighted by Gasteiger charge is 2.26. The van der Waals surface area contributed by atoms with E-state index in [0.717, 1.165) is 12.1 Å². The first-order valence-corrected chi connectivity index (χ1v) is 4.74. The van der Waals surface area contributed by atoms with E-state index in [1.165, 1.54) is 0 Å². The number of halogens is 3. The molecule has 0 saturated carbocycles. The van der Waals surface area contributed by atoms with Gasteiger partial charge < -0.3 is 10.6 Å². The van der Waals surface area contributed by atoms with Crippen molar-refractivity contribution in [2.24, 2.45) is 5.92 Å². The van der Waals surface area contributed by atoms with Gasteiger partial charge in [-0.2, -0.15) is 0 Å². The summed E-state index contributed by atoms with van der Waals surface area (Å²) in [5.41, 5.74) is -0.337. The van der Waals surface area contributed by atoms with Crippen LogP contribution >= 0.6 is 0 Å². The van der Waals surface area contributed by atoms with Crippen molar-refractivity contribution in [3.63, 3.8) is 0 Å². The van der Waals surface area contributed by atoms with Crippen LogP contribution in [0.5, 0.6) is 0 Å². The van der Waals surface area contributed by atoms with Crippen LogP contribution in [0.4, 0.5) is 18.9 Å². The van der Waals surface area contributed by atoms with Crippen LogP contribution in [0.3, 0.4) is 0 Å². The van der Waals surface area contributed by atoms with Crippen LogP contribution in [-0.2, 0) is 4.79 Å². The van der Waals surface area contributed by atoms with Crippen LogP contribution in [0.1, 0.15) is 0 Å². The molecule has 1 aromatic rings. The lowest BCUT2D eigenvalue weighted by Crippen LogP contribution is -2.48. The first-order valence-electron chi connectivity index (χ1n) is 4.74. The normalized spacial score (nSPS) is 15.7. The van der Waals surface area contributed by atoms with Gasteiger partial charge in [0, 0.05) is 13.1 Å². The summed E-state index contributed by atoms with van der Waals surface area (Å²) in [6.45, 7) is 1.02. The van der Waals surface area contributed by atoms with Crippen molar-refractivity contribution in [3.8, 4) is 0 Å². The third-order valence-corrected chi connectivity index (χ3v) is 2.45. The van der Waals surface area contributed by atoms with E-state index >= 15 is 0 Å². The van der Waals surface area contributed by atoms with E-state index in [1.807, 2.05) is 0 Å². The van der Waals surface area contributed by atoms with E-state index in [4.69, 9.17) is 0 Å². The molecule has 16 heavy (non-hydrogen) atoms. The van der Waals surface area contributed by atoms with Gasteiger partial charge >= 0.3 is 0 Å². The van der Waals surface area contributed by atoms with Crippen molar-refractivity contribution in [2.75, 3.05) is 18.4 Å². The molecule has 0 aliphatic carbocycles. The summed E-state index contributed by atoms with van der Waals surface area (Å²) in [6.07, 6.45) is 0. The quantitative estimate of drug-likeness (QED) is 0.751. The molecule has 0 aromatic heterocycles. The van der Waals surface area contributed by atoms with E-state index < -0.39 is 23.4 Å². The van der Waals surface area contributed by atoms with Crippen molar-refractivity contribution in [2.45, 2.75) is 0 Å². The number of hydrogen-bond donors (Lipinski definition) is 2. The summed E-state index contributed by atoms with van der Waals surface area (Å²) in [5, 5.41) is 5.09.